The van der Waals surface area contributed by atoms with Crippen LogP contribution in [0.25, 0.3) is 11.1 Å². The third-order valence-electron chi connectivity index (χ3n) is 2.92. The number of hydrogen-bond acceptors (Lipinski definition) is 3. The van der Waals surface area contributed by atoms with Crippen molar-refractivity contribution in [2.24, 2.45) is 0 Å². The molecule has 0 aliphatic rings. The van der Waals surface area contributed by atoms with Gasteiger partial charge in [0.25, 0.3) is 0 Å². The van der Waals surface area contributed by atoms with E-state index >= 15 is 0 Å². The molecular weight excluding hydrogens is 256 g/mol. The maximum absolute atomic E-state index is 10.4. The number of nitrogens with one attached hydrogen (secondary N) is 1. The summed E-state index contributed by atoms with van der Waals surface area (Å²) in [7, 11) is 0. The number of carboxylic acids is 1. The van der Waals surface area contributed by atoms with Gasteiger partial charge in [-0.3, -0.25) is 5.10 Å². The number of benzene rings is 1. The molecule has 2 N–H and O–H groups in total. The first kappa shape index (κ1) is 14.1. The summed E-state index contributed by atoms with van der Waals surface area (Å²) in [6, 6.07) is 7.32. The minimum Gasteiger partial charge on any atom is -0.482 e. The van der Waals surface area contributed by atoms with Crippen molar-refractivity contribution < 1.29 is 14.6 Å². The number of carboxylic acid groups (broad SMARTS) is 1. The number of carbonyl (C=O) groups is 1. The predicted molar refractivity (Wildman–Crippen MR) is 75.9 cm³/mol. The maximum Gasteiger partial charge on any atom is 0.341 e. The fourth-order valence-electron chi connectivity index (χ4n) is 1.95. The molecule has 1 aromatic carbocycles. The highest BCUT2D eigenvalue weighted by Crippen LogP contribution is 2.31. The van der Waals surface area contributed by atoms with Gasteiger partial charge in [0.1, 0.15) is 5.75 Å². The molecule has 0 spiro atoms. The van der Waals surface area contributed by atoms with Crippen LogP contribution in [0.4, 0.5) is 0 Å². The molecule has 0 fully saturated rings. The van der Waals surface area contributed by atoms with Crippen LogP contribution in [0.5, 0.6) is 5.75 Å². The Hall–Kier alpha value is -2.30. The van der Waals surface area contributed by atoms with Crippen molar-refractivity contribution in [3.8, 4) is 16.9 Å². The predicted octanol–water partition coefficient (Wildman–Crippen LogP) is 2.84. The molecule has 1 aromatic heterocycles. The van der Waals surface area contributed by atoms with Crippen LogP contribution in [-0.4, -0.2) is 27.9 Å². The van der Waals surface area contributed by atoms with Crippen molar-refractivity contribution in [2.45, 2.75) is 26.2 Å². The van der Waals surface area contributed by atoms with E-state index in [1.165, 1.54) is 0 Å². The highest BCUT2D eigenvalue weighted by molar-refractivity contribution is 5.69. The molecule has 1 heterocycles. The Bertz CT molecular complexity index is 594. The number of nitrogens with zero attached hydrogens (tertiary/aromatic N) is 1. The average molecular weight is 274 g/mol. The number of rotatable bonds is 4. The summed E-state index contributed by atoms with van der Waals surface area (Å²) in [5.41, 5.74) is 3.11. The largest absolute Gasteiger partial charge is 0.482 e. The van der Waals surface area contributed by atoms with Crippen LogP contribution in [0.2, 0.25) is 0 Å². The Morgan fingerprint density at radius 3 is 2.50 bits per heavy atom. The van der Waals surface area contributed by atoms with Crippen molar-refractivity contribution in [1.29, 1.82) is 0 Å². The fraction of sp³-hybridized carbons (Fsp3) is 0.333. The number of ether oxygens (including phenoxy) is 1. The van der Waals surface area contributed by atoms with Gasteiger partial charge in [0.2, 0.25) is 0 Å². The van der Waals surface area contributed by atoms with E-state index in [1.807, 2.05) is 12.1 Å². The zero-order valence-electron chi connectivity index (χ0n) is 11.8. The summed E-state index contributed by atoms with van der Waals surface area (Å²) in [5.74, 6) is -0.448. The van der Waals surface area contributed by atoms with Crippen molar-refractivity contribution in [2.75, 3.05) is 6.61 Å². The van der Waals surface area contributed by atoms with E-state index < -0.39 is 5.97 Å². The molecule has 0 saturated heterocycles. The van der Waals surface area contributed by atoms with Crippen molar-refractivity contribution in [3.05, 3.63) is 36.2 Å². The second-order valence-corrected chi connectivity index (χ2v) is 5.62. The van der Waals surface area contributed by atoms with E-state index in [1.54, 1.807) is 18.3 Å². The minimum atomic E-state index is -0.987. The highest BCUT2D eigenvalue weighted by Gasteiger charge is 2.20. The Labute approximate surface area is 117 Å². The van der Waals surface area contributed by atoms with Crippen LogP contribution in [-0.2, 0) is 10.2 Å². The lowest BCUT2D eigenvalue weighted by Crippen LogP contribution is -2.13. The van der Waals surface area contributed by atoms with Crippen LogP contribution in [0, 0.1) is 0 Å². The number of H-pyrrole nitrogens is 1. The monoisotopic (exact) mass is 274 g/mol. The van der Waals surface area contributed by atoms with Gasteiger partial charge in [-0.15, -0.1) is 0 Å². The van der Waals surface area contributed by atoms with Crippen molar-refractivity contribution in [3.63, 3.8) is 0 Å². The molecule has 5 nitrogen and oxygen atoms in total. The smallest absolute Gasteiger partial charge is 0.341 e. The van der Waals surface area contributed by atoms with Crippen LogP contribution >= 0.6 is 0 Å². The molecule has 0 saturated carbocycles. The molecule has 2 rings (SSSR count). The molecule has 0 bridgehead atoms. The Balaban J connectivity index is 2.22. The molecule has 0 aliphatic carbocycles. The van der Waals surface area contributed by atoms with Gasteiger partial charge in [-0.25, -0.2) is 4.79 Å². The minimum absolute atomic E-state index is 0.0235. The van der Waals surface area contributed by atoms with Crippen molar-refractivity contribution in [1.82, 2.24) is 10.2 Å². The Kier molecular flexibility index (Phi) is 3.79. The lowest BCUT2D eigenvalue weighted by atomic mass is 9.87. The van der Waals surface area contributed by atoms with E-state index in [9.17, 15) is 4.79 Å². The second kappa shape index (κ2) is 5.36. The summed E-state index contributed by atoms with van der Waals surface area (Å²) in [6.45, 7) is 6.02. The molecule has 20 heavy (non-hydrogen) atoms. The standard InChI is InChI=1S/C15H18N2O3/c1-15(2,3)14-12(8-16-17-14)10-4-6-11(7-5-10)20-9-13(18)19/h4-8H,9H2,1-3H3,(H,16,17)(H,18,19). The molecule has 0 amide bonds. The van der Waals surface area contributed by atoms with Gasteiger partial charge in [0, 0.05) is 16.7 Å². The maximum atomic E-state index is 10.4. The summed E-state index contributed by atoms with van der Waals surface area (Å²) in [4.78, 5) is 10.4. The van der Waals surface area contributed by atoms with Crippen molar-refractivity contribution >= 4 is 5.97 Å². The SMILES string of the molecule is CC(C)(C)c1[nH]ncc1-c1ccc(OCC(=O)O)cc1. The first-order valence-corrected chi connectivity index (χ1v) is 6.37. The van der Waals surface area contributed by atoms with E-state index in [0.29, 0.717) is 5.75 Å². The zero-order chi connectivity index (χ0) is 14.8. The second-order valence-electron chi connectivity index (χ2n) is 5.62. The fourth-order valence-corrected chi connectivity index (χ4v) is 1.95. The number of aromatic nitrogens is 2. The molecular formula is C15H18N2O3. The Morgan fingerprint density at radius 2 is 1.95 bits per heavy atom. The summed E-state index contributed by atoms with van der Waals surface area (Å²) >= 11 is 0. The van der Waals surface area contributed by atoms with Crippen LogP contribution in [0.3, 0.4) is 0 Å². The molecule has 0 radical (unpaired) electrons. The third kappa shape index (κ3) is 3.17. The van der Waals surface area contributed by atoms with Gasteiger partial charge >= 0.3 is 5.97 Å². The quantitative estimate of drug-likeness (QED) is 0.899. The van der Waals surface area contributed by atoms with E-state index in [2.05, 4.69) is 31.0 Å². The molecule has 5 heteroatoms. The third-order valence-corrected chi connectivity index (χ3v) is 2.92. The first-order valence-electron chi connectivity index (χ1n) is 6.37. The van der Waals surface area contributed by atoms with Crippen LogP contribution in [0.1, 0.15) is 26.5 Å². The lowest BCUT2D eigenvalue weighted by Gasteiger charge is -2.18. The number of aromatic amines is 1. The number of hydrogen-bond donors (Lipinski definition) is 2. The van der Waals surface area contributed by atoms with Gasteiger partial charge < -0.3 is 9.84 Å². The van der Waals surface area contributed by atoms with Gasteiger partial charge in [-0.2, -0.15) is 5.10 Å². The molecule has 0 aliphatic heterocycles. The summed E-state index contributed by atoms with van der Waals surface area (Å²) in [6.07, 6.45) is 1.80. The number of aliphatic carboxylic acids is 1. The zero-order valence-corrected chi connectivity index (χ0v) is 11.8. The van der Waals surface area contributed by atoms with E-state index in [4.69, 9.17) is 9.84 Å². The van der Waals surface area contributed by atoms with Gasteiger partial charge in [0.05, 0.1) is 6.20 Å². The van der Waals surface area contributed by atoms with E-state index in [-0.39, 0.29) is 12.0 Å². The average Bonchev–Trinajstić information content (AvgIpc) is 2.86. The first-order chi connectivity index (χ1) is 9.38. The Morgan fingerprint density at radius 1 is 1.30 bits per heavy atom. The summed E-state index contributed by atoms with van der Waals surface area (Å²) in [5, 5.41) is 15.7. The van der Waals surface area contributed by atoms with Crippen LogP contribution in [0.15, 0.2) is 30.5 Å². The van der Waals surface area contributed by atoms with Gasteiger partial charge in [0.15, 0.2) is 6.61 Å². The molecule has 106 valence electrons. The summed E-state index contributed by atoms with van der Waals surface area (Å²) < 4.78 is 5.11. The normalized spacial score (nSPS) is 11.3. The lowest BCUT2D eigenvalue weighted by molar-refractivity contribution is -0.139. The van der Waals surface area contributed by atoms with Crippen LogP contribution < -0.4 is 4.74 Å². The molecule has 0 unspecified atom stereocenters. The molecule has 0 atom stereocenters. The molecule has 2 aromatic rings. The van der Waals surface area contributed by atoms with E-state index in [0.717, 1.165) is 16.8 Å². The van der Waals surface area contributed by atoms with Gasteiger partial charge in [-0.05, 0) is 17.7 Å². The highest BCUT2D eigenvalue weighted by atomic mass is 16.5. The van der Waals surface area contributed by atoms with Gasteiger partial charge in [-0.1, -0.05) is 32.9 Å². The topological polar surface area (TPSA) is 75.2 Å².